The summed E-state index contributed by atoms with van der Waals surface area (Å²) in [6, 6.07) is 0.659. The number of hydrogen-bond acceptors (Lipinski definition) is 6. The van der Waals surface area contributed by atoms with Gasteiger partial charge in [0.15, 0.2) is 0 Å². The second kappa shape index (κ2) is 8.29. The molecule has 3 N–H and O–H groups in total. The smallest absolute Gasteiger partial charge is 0.331 e. The van der Waals surface area contributed by atoms with E-state index in [4.69, 9.17) is 15.2 Å². The van der Waals surface area contributed by atoms with Crippen LogP contribution in [-0.2, 0) is 14.3 Å². The molecule has 9 atom stereocenters. The van der Waals surface area contributed by atoms with Crippen LogP contribution in [0.5, 0.6) is 0 Å². The van der Waals surface area contributed by atoms with E-state index in [1.54, 1.807) is 6.08 Å². The van der Waals surface area contributed by atoms with E-state index in [-0.39, 0.29) is 23.4 Å². The molecular formula is C28H44N2O4. The molecular weight excluding hydrogens is 428 g/mol. The van der Waals surface area contributed by atoms with Crippen molar-refractivity contribution in [2.75, 3.05) is 32.8 Å². The Kier molecular flexibility index (Phi) is 5.72. The predicted molar refractivity (Wildman–Crippen MR) is 130 cm³/mol. The summed E-state index contributed by atoms with van der Waals surface area (Å²) in [5, 5.41) is 12.4. The van der Waals surface area contributed by atoms with Crippen molar-refractivity contribution in [3.63, 3.8) is 0 Å². The van der Waals surface area contributed by atoms with Gasteiger partial charge in [-0.25, -0.2) is 4.79 Å². The van der Waals surface area contributed by atoms with Crippen molar-refractivity contribution < 1.29 is 19.4 Å². The molecule has 2 heterocycles. The molecule has 0 spiro atoms. The number of aliphatic hydroxyl groups is 1. The fraction of sp³-hybridized carbons (Fsp3) is 0.893. The molecule has 6 rings (SSSR count). The molecule has 0 aromatic heterocycles. The van der Waals surface area contributed by atoms with E-state index < -0.39 is 5.60 Å². The number of esters is 1. The normalized spacial score (nSPS) is 51.3. The van der Waals surface area contributed by atoms with Crippen LogP contribution in [0.15, 0.2) is 11.6 Å². The standard InChI is InChI=1S/C28H44N2O4/c1-26-8-5-20(30-11-12-33-21(15-29)16-30)14-19(26)3-4-24-23(26)6-9-27(2)22(7-10-28(24,27)32)18-13-25(31)34-17-18/h13,19-24,32H,3-12,14-17,29H2,1-2H3/t19-,20+,21+,22-,23+,24-,26+,27-,28+/m1/s1. The molecule has 1 saturated heterocycles. The van der Waals surface area contributed by atoms with Gasteiger partial charge in [0.05, 0.1) is 18.3 Å². The Labute approximate surface area is 204 Å². The predicted octanol–water partition coefficient (Wildman–Crippen LogP) is 3.27. The van der Waals surface area contributed by atoms with E-state index in [1.807, 2.05) is 0 Å². The molecule has 34 heavy (non-hydrogen) atoms. The summed E-state index contributed by atoms with van der Waals surface area (Å²) in [6.45, 7) is 8.77. The molecule has 0 aromatic carbocycles. The minimum Gasteiger partial charge on any atom is -0.458 e. The lowest BCUT2D eigenvalue weighted by Crippen LogP contribution is -2.63. The molecule has 0 bridgehead atoms. The minimum absolute atomic E-state index is 0.139. The van der Waals surface area contributed by atoms with E-state index >= 15 is 0 Å². The Morgan fingerprint density at radius 1 is 1.12 bits per heavy atom. The van der Waals surface area contributed by atoms with Crippen molar-refractivity contribution in [1.82, 2.24) is 4.90 Å². The number of morpholine rings is 1. The molecule has 6 nitrogen and oxygen atoms in total. The highest BCUT2D eigenvalue weighted by Crippen LogP contribution is 2.70. The van der Waals surface area contributed by atoms with Gasteiger partial charge in [-0.15, -0.1) is 0 Å². The second-order valence-corrected chi connectivity index (χ2v) is 12.9. The molecule has 4 saturated carbocycles. The average molecular weight is 473 g/mol. The molecule has 0 aromatic rings. The molecule has 6 aliphatic rings. The molecule has 0 unspecified atom stereocenters. The fourth-order valence-corrected chi connectivity index (χ4v) is 9.94. The summed E-state index contributed by atoms with van der Waals surface area (Å²) in [5.41, 5.74) is 6.62. The quantitative estimate of drug-likeness (QED) is 0.614. The van der Waals surface area contributed by atoms with E-state index in [0.29, 0.717) is 36.4 Å². The first kappa shape index (κ1) is 23.4. The first-order valence-electron chi connectivity index (χ1n) is 13.9. The van der Waals surface area contributed by atoms with E-state index in [1.165, 1.54) is 32.1 Å². The summed E-state index contributed by atoms with van der Waals surface area (Å²) in [4.78, 5) is 14.4. The van der Waals surface area contributed by atoms with Crippen molar-refractivity contribution in [2.45, 2.75) is 89.4 Å². The van der Waals surface area contributed by atoms with Crippen LogP contribution in [0.25, 0.3) is 0 Å². The summed E-state index contributed by atoms with van der Waals surface area (Å²) in [6.07, 6.45) is 12.3. The molecule has 0 radical (unpaired) electrons. The van der Waals surface area contributed by atoms with Crippen LogP contribution in [0.4, 0.5) is 0 Å². The maximum atomic E-state index is 12.4. The van der Waals surface area contributed by atoms with Crippen LogP contribution in [0, 0.1) is 34.5 Å². The Bertz CT molecular complexity index is 861. The van der Waals surface area contributed by atoms with E-state index in [2.05, 4.69) is 18.7 Å². The fourth-order valence-electron chi connectivity index (χ4n) is 9.94. The lowest BCUT2D eigenvalue weighted by atomic mass is 9.43. The number of nitrogens with two attached hydrogens (primary N) is 1. The Morgan fingerprint density at radius 3 is 2.74 bits per heavy atom. The Hall–Kier alpha value is -0.950. The number of nitrogens with zero attached hydrogens (tertiary/aromatic N) is 1. The zero-order valence-corrected chi connectivity index (χ0v) is 21.1. The van der Waals surface area contributed by atoms with Crippen molar-refractivity contribution in [1.29, 1.82) is 0 Å². The third kappa shape index (κ3) is 3.31. The van der Waals surface area contributed by atoms with Gasteiger partial charge in [-0.05, 0) is 92.4 Å². The maximum Gasteiger partial charge on any atom is 0.331 e. The van der Waals surface area contributed by atoms with Gasteiger partial charge < -0.3 is 20.3 Å². The van der Waals surface area contributed by atoms with Gasteiger partial charge >= 0.3 is 5.97 Å². The van der Waals surface area contributed by atoms with Crippen LogP contribution in [0.2, 0.25) is 0 Å². The zero-order chi connectivity index (χ0) is 23.7. The van der Waals surface area contributed by atoms with Crippen LogP contribution >= 0.6 is 0 Å². The Balaban J connectivity index is 1.20. The topological polar surface area (TPSA) is 85.0 Å². The number of hydrogen-bond donors (Lipinski definition) is 2. The average Bonchev–Trinajstić information content (AvgIpc) is 3.38. The maximum absolute atomic E-state index is 12.4. The third-order valence-corrected chi connectivity index (χ3v) is 11.9. The van der Waals surface area contributed by atoms with Crippen molar-refractivity contribution in [2.24, 2.45) is 40.2 Å². The number of carbonyl (C=O) groups is 1. The first-order chi connectivity index (χ1) is 16.3. The number of carbonyl (C=O) groups excluding carboxylic acids is 1. The number of ether oxygens (including phenoxy) is 2. The summed E-state index contributed by atoms with van der Waals surface area (Å²) < 4.78 is 11.1. The largest absolute Gasteiger partial charge is 0.458 e. The monoisotopic (exact) mass is 472 g/mol. The van der Waals surface area contributed by atoms with Gasteiger partial charge in [-0.1, -0.05) is 13.8 Å². The van der Waals surface area contributed by atoms with Crippen LogP contribution in [-0.4, -0.2) is 66.6 Å². The highest BCUT2D eigenvalue weighted by Gasteiger charge is 2.67. The van der Waals surface area contributed by atoms with E-state index in [0.717, 1.165) is 56.9 Å². The Morgan fingerprint density at radius 2 is 1.97 bits per heavy atom. The summed E-state index contributed by atoms with van der Waals surface area (Å²) >= 11 is 0. The number of cyclic esters (lactones) is 1. The van der Waals surface area contributed by atoms with Gasteiger partial charge in [-0.2, -0.15) is 0 Å². The van der Waals surface area contributed by atoms with Crippen LogP contribution in [0.1, 0.15) is 71.6 Å². The van der Waals surface area contributed by atoms with Gasteiger partial charge in [0.25, 0.3) is 0 Å². The SMILES string of the molecule is C[C@]12CC[C@H](N3CCO[C@@H](CN)C3)C[C@H]1CC[C@@H]1[C@@H]2CC[C@]2(C)[C@@H](C3=CC(=O)OC3)CC[C@]12O. The number of fused-ring (bicyclic) bond motifs is 5. The highest BCUT2D eigenvalue weighted by atomic mass is 16.5. The molecule has 5 fully saturated rings. The van der Waals surface area contributed by atoms with Crippen LogP contribution < -0.4 is 5.73 Å². The zero-order valence-electron chi connectivity index (χ0n) is 21.1. The lowest BCUT2D eigenvalue weighted by Gasteiger charge is -2.64. The van der Waals surface area contributed by atoms with Crippen molar-refractivity contribution in [3.05, 3.63) is 11.6 Å². The van der Waals surface area contributed by atoms with Gasteiger partial charge in [-0.3, -0.25) is 4.90 Å². The van der Waals surface area contributed by atoms with Gasteiger partial charge in [0, 0.05) is 37.2 Å². The van der Waals surface area contributed by atoms with Crippen LogP contribution in [0.3, 0.4) is 0 Å². The van der Waals surface area contributed by atoms with Crippen molar-refractivity contribution in [3.8, 4) is 0 Å². The number of rotatable bonds is 3. The summed E-state index contributed by atoms with van der Waals surface area (Å²) in [5.74, 6) is 1.83. The summed E-state index contributed by atoms with van der Waals surface area (Å²) in [7, 11) is 0. The second-order valence-electron chi connectivity index (χ2n) is 12.9. The highest BCUT2D eigenvalue weighted by molar-refractivity contribution is 5.85. The van der Waals surface area contributed by atoms with E-state index in [9.17, 15) is 9.90 Å². The molecule has 4 aliphatic carbocycles. The minimum atomic E-state index is -0.615. The molecule has 190 valence electrons. The lowest BCUT2D eigenvalue weighted by molar-refractivity contribution is -0.207. The van der Waals surface area contributed by atoms with Gasteiger partial charge in [0.1, 0.15) is 6.61 Å². The molecule has 6 heteroatoms. The molecule has 2 aliphatic heterocycles. The molecule has 0 amide bonds. The van der Waals surface area contributed by atoms with Gasteiger partial charge in [0.2, 0.25) is 0 Å². The third-order valence-electron chi connectivity index (χ3n) is 11.9. The first-order valence-corrected chi connectivity index (χ1v) is 13.9. The van der Waals surface area contributed by atoms with Crippen molar-refractivity contribution >= 4 is 5.97 Å².